The third-order valence-corrected chi connectivity index (χ3v) is 6.74. The molecule has 0 fully saturated rings. The van der Waals surface area contributed by atoms with Crippen molar-refractivity contribution in [3.05, 3.63) is 81.5 Å². The lowest BCUT2D eigenvalue weighted by Crippen LogP contribution is -2.48. The lowest BCUT2D eigenvalue weighted by Gasteiger charge is -2.27. The minimum absolute atomic E-state index is 0.0425. The van der Waals surface area contributed by atoms with Crippen LogP contribution in [0, 0.1) is 11.6 Å². The Morgan fingerprint density at radius 2 is 1.87 bits per heavy atom. The first-order chi connectivity index (χ1) is 17.8. The minimum Gasteiger partial charge on any atom is -0.375 e. The number of benzene rings is 2. The Bertz CT molecular complexity index is 1500. The number of carbonyl (C=O) groups is 2. The number of aliphatic hydroxyl groups is 1. The summed E-state index contributed by atoms with van der Waals surface area (Å²) in [6.45, 7) is -1.25. The first-order valence-electron chi connectivity index (χ1n) is 11.0. The van der Waals surface area contributed by atoms with E-state index in [1.54, 1.807) is 0 Å². The van der Waals surface area contributed by atoms with Crippen molar-refractivity contribution in [2.45, 2.75) is 17.8 Å². The average molecular weight is 554 g/mol. The molecule has 3 heterocycles. The highest BCUT2D eigenvalue weighted by Crippen LogP contribution is 2.49. The third kappa shape index (κ3) is 3.98. The van der Waals surface area contributed by atoms with Gasteiger partial charge in [0.25, 0.3) is 5.91 Å². The minimum atomic E-state index is -5.22. The zero-order valence-electron chi connectivity index (χ0n) is 19.3. The smallest absolute Gasteiger partial charge is 0.375 e. The van der Waals surface area contributed by atoms with E-state index < -0.39 is 53.5 Å². The molecule has 0 saturated heterocycles. The molecule has 3 amide bonds. The van der Waals surface area contributed by atoms with E-state index in [1.165, 1.54) is 19.2 Å². The Morgan fingerprint density at radius 3 is 2.55 bits per heavy atom. The summed E-state index contributed by atoms with van der Waals surface area (Å²) >= 11 is 6.24. The van der Waals surface area contributed by atoms with Crippen LogP contribution in [0.5, 0.6) is 0 Å². The number of alkyl halides is 3. The van der Waals surface area contributed by atoms with E-state index in [0.717, 1.165) is 24.3 Å². The Morgan fingerprint density at radius 1 is 1.18 bits per heavy atom. The Labute approximate surface area is 216 Å². The van der Waals surface area contributed by atoms with Gasteiger partial charge in [0.05, 0.1) is 24.0 Å². The predicted molar refractivity (Wildman–Crippen MR) is 127 cm³/mol. The number of hydrogen-bond donors (Lipinski definition) is 4. The summed E-state index contributed by atoms with van der Waals surface area (Å²) in [7, 11) is 1.49. The van der Waals surface area contributed by atoms with Gasteiger partial charge < -0.3 is 21.1 Å². The zero-order chi connectivity index (χ0) is 27.6. The van der Waals surface area contributed by atoms with Gasteiger partial charge in [0.1, 0.15) is 23.1 Å². The van der Waals surface area contributed by atoms with Crippen LogP contribution in [0.15, 0.2) is 42.5 Å². The standard InChI is InChI=1S/C24H17ClF5N5O3/c1-31-17-8-15(18-19(34-21(36)20(18)33-17)12-6-10(26)2-4-14(12)25)32-22(37)35-9-23(38,24(28,29)30)13-7-11(27)3-5-16(13)35/h2-8,19,38H,9H2,1H3,(H,34,36)(H2,31,32,33,37)/t19-,23+/m0/s1. The summed E-state index contributed by atoms with van der Waals surface area (Å²) in [4.78, 5) is 30.9. The number of halogens is 6. The van der Waals surface area contributed by atoms with Crippen LogP contribution in [0.3, 0.4) is 0 Å². The van der Waals surface area contributed by atoms with Crippen LogP contribution >= 0.6 is 11.6 Å². The number of nitrogens with one attached hydrogen (secondary N) is 3. The first-order valence-corrected chi connectivity index (χ1v) is 11.4. The summed E-state index contributed by atoms with van der Waals surface area (Å²) < 4.78 is 69.3. The molecule has 2 aliphatic heterocycles. The molecule has 5 rings (SSSR count). The van der Waals surface area contributed by atoms with Crippen molar-refractivity contribution >= 4 is 40.7 Å². The summed E-state index contributed by atoms with van der Waals surface area (Å²) in [5.41, 5.74) is -4.62. The molecule has 0 unspecified atom stereocenters. The zero-order valence-corrected chi connectivity index (χ0v) is 20.0. The second-order valence-electron chi connectivity index (χ2n) is 8.68. The van der Waals surface area contributed by atoms with Gasteiger partial charge in [-0.25, -0.2) is 18.6 Å². The van der Waals surface area contributed by atoms with Crippen molar-refractivity contribution in [1.29, 1.82) is 0 Å². The number of nitrogens with zero attached hydrogens (tertiary/aromatic N) is 2. The van der Waals surface area contributed by atoms with E-state index in [-0.39, 0.29) is 39.0 Å². The maximum absolute atomic E-state index is 14.0. The quantitative estimate of drug-likeness (QED) is 0.352. The molecule has 0 radical (unpaired) electrons. The topological polar surface area (TPSA) is 107 Å². The number of β-amino-alcohol motifs (C(OH)–C–C–N with tert-alkyl or cyclic N) is 1. The van der Waals surface area contributed by atoms with E-state index in [9.17, 15) is 36.6 Å². The number of hydrogen-bond acceptors (Lipinski definition) is 5. The van der Waals surface area contributed by atoms with Crippen LogP contribution in [-0.4, -0.2) is 41.8 Å². The number of pyridine rings is 1. The van der Waals surface area contributed by atoms with E-state index in [2.05, 4.69) is 20.9 Å². The molecule has 1 aromatic heterocycles. The van der Waals surface area contributed by atoms with Gasteiger partial charge in [0.2, 0.25) is 5.60 Å². The lowest BCUT2D eigenvalue weighted by atomic mass is 9.95. The number of fused-ring (bicyclic) bond motifs is 2. The fourth-order valence-electron chi connectivity index (χ4n) is 4.57. The van der Waals surface area contributed by atoms with Gasteiger partial charge in [0.15, 0.2) is 0 Å². The number of urea groups is 1. The van der Waals surface area contributed by atoms with Gasteiger partial charge in [-0.1, -0.05) is 11.6 Å². The lowest BCUT2D eigenvalue weighted by molar-refractivity contribution is -0.258. The van der Waals surface area contributed by atoms with Crippen molar-refractivity contribution in [3.63, 3.8) is 0 Å². The fourth-order valence-corrected chi connectivity index (χ4v) is 4.80. The number of amides is 3. The van der Waals surface area contributed by atoms with E-state index in [0.29, 0.717) is 11.0 Å². The van der Waals surface area contributed by atoms with Crippen LogP contribution in [0.25, 0.3) is 0 Å². The molecular weight excluding hydrogens is 537 g/mol. The summed E-state index contributed by atoms with van der Waals surface area (Å²) in [6.07, 6.45) is -5.22. The van der Waals surface area contributed by atoms with Gasteiger partial charge in [-0.3, -0.25) is 9.69 Å². The van der Waals surface area contributed by atoms with Crippen molar-refractivity contribution in [2.75, 3.05) is 29.1 Å². The van der Waals surface area contributed by atoms with Crippen LogP contribution in [0.2, 0.25) is 5.02 Å². The number of anilines is 3. The summed E-state index contributed by atoms with van der Waals surface area (Å²) in [5.74, 6) is -2.20. The highest BCUT2D eigenvalue weighted by molar-refractivity contribution is 6.31. The predicted octanol–water partition coefficient (Wildman–Crippen LogP) is 4.69. The van der Waals surface area contributed by atoms with Crippen molar-refractivity contribution in [3.8, 4) is 0 Å². The van der Waals surface area contributed by atoms with E-state index in [1.807, 2.05) is 0 Å². The highest BCUT2D eigenvalue weighted by atomic mass is 35.5. The Hall–Kier alpha value is -3.97. The van der Waals surface area contributed by atoms with E-state index >= 15 is 0 Å². The second-order valence-corrected chi connectivity index (χ2v) is 9.08. The van der Waals surface area contributed by atoms with Gasteiger partial charge in [-0.2, -0.15) is 13.2 Å². The molecule has 2 aromatic carbocycles. The first kappa shape index (κ1) is 25.7. The van der Waals surface area contributed by atoms with Crippen LogP contribution < -0.4 is 20.9 Å². The van der Waals surface area contributed by atoms with Crippen LogP contribution in [0.4, 0.5) is 43.9 Å². The molecule has 0 spiro atoms. The largest absolute Gasteiger partial charge is 0.423 e. The molecule has 0 saturated carbocycles. The molecular formula is C24H17ClF5N5O3. The van der Waals surface area contributed by atoms with Crippen molar-refractivity contribution in [1.82, 2.24) is 10.3 Å². The van der Waals surface area contributed by atoms with Gasteiger partial charge in [-0.05, 0) is 36.4 Å². The van der Waals surface area contributed by atoms with Crippen molar-refractivity contribution in [2.24, 2.45) is 0 Å². The number of carbonyl (C=O) groups excluding carboxylic acids is 2. The molecule has 0 aliphatic carbocycles. The maximum Gasteiger partial charge on any atom is 0.423 e. The SMILES string of the molecule is CNc1cc(NC(=O)N2C[C@](O)(C(F)(F)F)c3cc(F)ccc32)c2c(n1)C(=O)N[C@H]2c1cc(F)ccc1Cl. The molecule has 38 heavy (non-hydrogen) atoms. The normalized spacial score (nSPS) is 20.2. The van der Waals surface area contributed by atoms with Crippen molar-refractivity contribution < 1.29 is 36.6 Å². The van der Waals surface area contributed by atoms with Crippen LogP contribution in [0.1, 0.15) is 33.2 Å². The second kappa shape index (κ2) is 8.81. The highest BCUT2D eigenvalue weighted by Gasteiger charge is 2.61. The molecule has 4 N–H and O–H groups in total. The average Bonchev–Trinajstić information content (AvgIpc) is 3.35. The van der Waals surface area contributed by atoms with E-state index in [4.69, 9.17) is 11.6 Å². The van der Waals surface area contributed by atoms with Crippen LogP contribution in [-0.2, 0) is 5.60 Å². The molecule has 14 heteroatoms. The summed E-state index contributed by atoms with van der Waals surface area (Å²) in [6, 6.07) is 4.97. The third-order valence-electron chi connectivity index (χ3n) is 6.40. The Kier molecular flexibility index (Phi) is 5.95. The fraction of sp³-hybridized carbons (Fsp3) is 0.208. The maximum atomic E-state index is 14.0. The Balaban J connectivity index is 1.59. The number of rotatable bonds is 3. The van der Waals surface area contributed by atoms with Gasteiger partial charge in [-0.15, -0.1) is 0 Å². The summed E-state index contributed by atoms with van der Waals surface area (Å²) in [5, 5.41) is 18.4. The molecule has 198 valence electrons. The monoisotopic (exact) mass is 553 g/mol. The molecule has 3 aromatic rings. The molecule has 2 atom stereocenters. The number of aromatic nitrogens is 1. The molecule has 2 aliphatic rings. The van der Waals surface area contributed by atoms with Gasteiger partial charge >= 0.3 is 12.2 Å². The molecule has 0 bridgehead atoms. The van der Waals surface area contributed by atoms with Gasteiger partial charge in [0, 0.05) is 34.8 Å². The molecule has 8 nitrogen and oxygen atoms in total.